The van der Waals surface area contributed by atoms with Crippen LogP contribution in [0.15, 0.2) is 84.9 Å². The lowest BCUT2D eigenvalue weighted by molar-refractivity contribution is 0.0107. The molecule has 0 saturated carbocycles. The van der Waals surface area contributed by atoms with E-state index in [9.17, 15) is 14.4 Å². The van der Waals surface area contributed by atoms with Gasteiger partial charge in [-0.25, -0.2) is 24.4 Å². The topological polar surface area (TPSA) is 213 Å². The summed E-state index contributed by atoms with van der Waals surface area (Å²) in [6.07, 6.45) is 0.919. The third kappa shape index (κ3) is 13.8. The number of piperidine rings is 2. The molecule has 5 N–H and O–H groups in total. The van der Waals surface area contributed by atoms with E-state index in [1.807, 2.05) is 147 Å². The van der Waals surface area contributed by atoms with Crippen LogP contribution in [0.25, 0.3) is 22.1 Å². The van der Waals surface area contributed by atoms with Crippen LogP contribution < -0.4 is 34.9 Å². The average Bonchev–Trinajstić information content (AvgIpc) is 3.94. The number of rotatable bonds is 10. The summed E-state index contributed by atoms with van der Waals surface area (Å²) < 4.78 is 39.0. The highest BCUT2D eigenvalue weighted by molar-refractivity contribution is 5.79. The number of ether oxygens (including phenoxy) is 7. The fourth-order valence-electron chi connectivity index (χ4n) is 8.21. The second-order valence-electron chi connectivity index (χ2n) is 20.7. The normalized spacial score (nSPS) is 15.7. The summed E-state index contributed by atoms with van der Waals surface area (Å²) in [5.74, 6) is 5.55. The molecule has 4 aromatic carbocycles. The van der Waals surface area contributed by atoms with E-state index in [4.69, 9.17) is 43.1 Å². The Hall–Kier alpha value is -7.21. The average molecular weight is 977 g/mol. The Morgan fingerprint density at radius 2 is 0.887 bits per heavy atom. The highest BCUT2D eigenvalue weighted by Crippen LogP contribution is 2.36. The van der Waals surface area contributed by atoms with Crippen LogP contribution in [0, 0.1) is 0 Å². The first kappa shape index (κ1) is 51.6. The first-order valence-electron chi connectivity index (χ1n) is 23.9. The van der Waals surface area contributed by atoms with Gasteiger partial charge in [-0.1, -0.05) is 0 Å². The first-order chi connectivity index (χ1) is 33.5. The summed E-state index contributed by atoms with van der Waals surface area (Å²) in [6, 6.07) is 26.0. The van der Waals surface area contributed by atoms with Crippen molar-refractivity contribution in [3.05, 3.63) is 96.6 Å². The van der Waals surface area contributed by atoms with Crippen molar-refractivity contribution < 1.29 is 47.5 Å². The minimum Gasteiger partial charge on any atom is -0.497 e. The number of H-pyrrole nitrogens is 2. The molecular weight excluding hydrogens is 909 g/mol. The summed E-state index contributed by atoms with van der Waals surface area (Å²) in [6.45, 7) is 18.8. The quantitative estimate of drug-likeness (QED) is 0.0810. The molecule has 0 radical (unpaired) electrons. The molecule has 0 bridgehead atoms. The van der Waals surface area contributed by atoms with Crippen LogP contribution in [0.3, 0.4) is 0 Å². The summed E-state index contributed by atoms with van der Waals surface area (Å²) >= 11 is 0. The molecule has 380 valence electrons. The fourth-order valence-corrected chi connectivity index (χ4v) is 8.21. The van der Waals surface area contributed by atoms with Gasteiger partial charge in [0, 0.05) is 25.2 Å². The lowest BCUT2D eigenvalue weighted by atomic mass is 9.86. The SMILES string of the molecule is COc1ccc(Oc2ccc3nc(C4(NC(=O)OC(C)(C)C)CCN(C(=O)OC(C)(C)C)CC4)[nH]c3c2)cc1.COc1ccc(Oc2ccc3nc(C4(NC(=O)OC(C)(C)C)CCNCC4)[nH]c3c2)cc1. The Bertz CT molecular complexity index is 2770. The minimum absolute atomic E-state index is 0.377. The number of fused-ring (bicyclic) bond motifs is 2. The van der Waals surface area contributed by atoms with E-state index in [2.05, 4.69) is 25.9 Å². The molecule has 2 aromatic heterocycles. The predicted octanol–water partition coefficient (Wildman–Crippen LogP) is 10.6. The largest absolute Gasteiger partial charge is 0.497 e. The number of hydrogen-bond acceptors (Lipinski definition) is 13. The Morgan fingerprint density at radius 1 is 0.521 bits per heavy atom. The molecule has 0 spiro atoms. The standard InChI is InChI=1S/C29H38N4O6.C24H30N4O4/c1-27(2,3)38-25(34)32-29(14-16-33(17-15-29)26(35)39-28(4,5)6)24-30-22-13-12-21(18-23(22)31-24)37-20-10-8-19(36-7)9-11-20;1-23(2,3)32-22(29)28-24(11-13-25-14-12-24)21-26-19-10-9-18(15-20(19)27-21)31-17-7-5-16(30-4)6-8-17/h8-13,18H,14-17H2,1-7H3,(H,30,31)(H,32,34);5-10,15,25H,11-14H2,1-4H3,(H,26,27)(H,28,29). The molecule has 2 fully saturated rings. The number of nitrogens with one attached hydrogen (secondary N) is 5. The summed E-state index contributed by atoms with van der Waals surface area (Å²) in [5, 5.41) is 9.50. The smallest absolute Gasteiger partial charge is 0.410 e. The van der Waals surface area contributed by atoms with Crippen LogP contribution in [0.1, 0.15) is 99.6 Å². The summed E-state index contributed by atoms with van der Waals surface area (Å²) in [7, 11) is 3.25. The van der Waals surface area contributed by atoms with Crippen molar-refractivity contribution in [2.75, 3.05) is 40.4 Å². The molecule has 2 aliphatic rings. The van der Waals surface area contributed by atoms with E-state index in [1.165, 1.54) is 0 Å². The van der Waals surface area contributed by atoms with Gasteiger partial charge >= 0.3 is 18.3 Å². The third-order valence-corrected chi connectivity index (χ3v) is 11.6. The van der Waals surface area contributed by atoms with Crippen LogP contribution in [0.5, 0.6) is 34.5 Å². The lowest BCUT2D eigenvalue weighted by Gasteiger charge is -2.41. The molecule has 18 heteroatoms. The highest BCUT2D eigenvalue weighted by atomic mass is 16.6. The predicted molar refractivity (Wildman–Crippen MR) is 270 cm³/mol. The maximum absolute atomic E-state index is 12.9. The number of likely N-dealkylation sites (tertiary alicyclic amines) is 1. The molecule has 4 heterocycles. The molecule has 0 atom stereocenters. The van der Waals surface area contributed by atoms with Crippen molar-refractivity contribution in [2.45, 2.75) is 116 Å². The molecule has 0 aliphatic carbocycles. The van der Waals surface area contributed by atoms with E-state index in [0.717, 1.165) is 52.5 Å². The van der Waals surface area contributed by atoms with Crippen molar-refractivity contribution in [3.8, 4) is 34.5 Å². The van der Waals surface area contributed by atoms with Gasteiger partial charge in [0.05, 0.1) is 36.3 Å². The van der Waals surface area contributed by atoms with Gasteiger partial charge in [0.25, 0.3) is 0 Å². The van der Waals surface area contributed by atoms with Crippen molar-refractivity contribution in [2.24, 2.45) is 0 Å². The van der Waals surface area contributed by atoms with Gasteiger partial charge in [-0.3, -0.25) is 0 Å². The number of aromatic nitrogens is 4. The molecule has 71 heavy (non-hydrogen) atoms. The molecule has 18 nitrogen and oxygen atoms in total. The number of nitrogens with zero attached hydrogens (tertiary/aromatic N) is 3. The van der Waals surface area contributed by atoms with Crippen LogP contribution >= 0.6 is 0 Å². The van der Waals surface area contributed by atoms with E-state index in [1.54, 1.807) is 19.1 Å². The maximum atomic E-state index is 12.9. The Labute approximate surface area is 414 Å². The van der Waals surface area contributed by atoms with Gasteiger partial charge in [-0.05, 0) is 174 Å². The van der Waals surface area contributed by atoms with E-state index in [-0.39, 0.29) is 6.09 Å². The zero-order valence-corrected chi connectivity index (χ0v) is 42.7. The summed E-state index contributed by atoms with van der Waals surface area (Å²) in [4.78, 5) is 56.3. The van der Waals surface area contributed by atoms with Gasteiger partial charge in [0.2, 0.25) is 0 Å². The second kappa shape index (κ2) is 21.0. The number of hydrogen-bond donors (Lipinski definition) is 5. The number of carbonyl (C=O) groups is 3. The van der Waals surface area contributed by atoms with Crippen LogP contribution in [0.4, 0.5) is 14.4 Å². The van der Waals surface area contributed by atoms with Crippen molar-refractivity contribution in [1.29, 1.82) is 0 Å². The number of methoxy groups -OCH3 is 2. The van der Waals surface area contributed by atoms with Gasteiger partial charge in [-0.2, -0.15) is 0 Å². The van der Waals surface area contributed by atoms with Crippen LogP contribution in [-0.4, -0.2) is 100 Å². The van der Waals surface area contributed by atoms with Crippen LogP contribution in [-0.2, 0) is 25.3 Å². The van der Waals surface area contributed by atoms with Gasteiger partial charge < -0.3 is 64.0 Å². The number of imidazole rings is 2. The highest BCUT2D eigenvalue weighted by Gasteiger charge is 2.43. The van der Waals surface area contributed by atoms with Crippen LogP contribution in [0.2, 0.25) is 0 Å². The Kier molecular flexibility index (Phi) is 15.3. The van der Waals surface area contributed by atoms with Gasteiger partial charge in [0.1, 0.15) is 74.0 Å². The number of alkyl carbamates (subject to hydrolysis) is 2. The zero-order valence-electron chi connectivity index (χ0n) is 42.7. The van der Waals surface area contributed by atoms with Gasteiger partial charge in [0.15, 0.2) is 0 Å². The third-order valence-electron chi connectivity index (χ3n) is 11.6. The number of benzene rings is 4. The second-order valence-corrected chi connectivity index (χ2v) is 20.7. The number of aromatic amines is 2. The molecule has 2 saturated heterocycles. The van der Waals surface area contributed by atoms with Crippen molar-refractivity contribution in [1.82, 2.24) is 40.8 Å². The minimum atomic E-state index is -0.864. The number of amides is 3. The van der Waals surface area contributed by atoms with E-state index in [0.29, 0.717) is 67.6 Å². The van der Waals surface area contributed by atoms with E-state index >= 15 is 0 Å². The molecule has 3 amide bonds. The molecule has 6 aromatic rings. The molecular formula is C53H68N8O10. The Morgan fingerprint density at radius 3 is 1.27 bits per heavy atom. The molecule has 8 rings (SSSR count). The zero-order chi connectivity index (χ0) is 51.2. The fraction of sp³-hybridized carbons (Fsp3) is 0.453. The maximum Gasteiger partial charge on any atom is 0.410 e. The molecule has 2 aliphatic heterocycles. The summed E-state index contributed by atoms with van der Waals surface area (Å²) in [5.41, 5.74) is -0.168. The molecule has 0 unspecified atom stereocenters. The first-order valence-corrected chi connectivity index (χ1v) is 23.9. The van der Waals surface area contributed by atoms with E-state index < -0.39 is 40.1 Å². The van der Waals surface area contributed by atoms with Crippen molar-refractivity contribution in [3.63, 3.8) is 0 Å². The Balaban J connectivity index is 0.000000213. The lowest BCUT2D eigenvalue weighted by Crippen LogP contribution is -2.55. The van der Waals surface area contributed by atoms with Gasteiger partial charge in [-0.15, -0.1) is 0 Å². The van der Waals surface area contributed by atoms with Crippen molar-refractivity contribution >= 4 is 40.3 Å². The number of carbonyl (C=O) groups excluding carboxylic acids is 3. The monoisotopic (exact) mass is 977 g/mol.